The summed E-state index contributed by atoms with van der Waals surface area (Å²) in [4.78, 5) is 11.5. The molecule has 1 aliphatic rings. The number of nitrogens with one attached hydrogen (secondary N) is 1. The summed E-state index contributed by atoms with van der Waals surface area (Å²) in [6.45, 7) is 0.154. The van der Waals surface area contributed by atoms with Crippen LogP contribution in [-0.2, 0) is 4.79 Å². The maximum Gasteiger partial charge on any atom is 0.230 e. The summed E-state index contributed by atoms with van der Waals surface area (Å²) in [5, 5.41) is 11.7. The number of carbonyl (C=O) groups is 1. The van der Waals surface area contributed by atoms with Gasteiger partial charge in [-0.3, -0.25) is 4.79 Å². The first kappa shape index (κ1) is 12.8. The average molecular weight is 231 g/mol. The van der Waals surface area contributed by atoms with Crippen molar-refractivity contribution < 1.29 is 9.90 Å². The normalized spacial score (nSPS) is 18.5. The molecule has 1 rings (SSSR count). The van der Waals surface area contributed by atoms with Gasteiger partial charge in [-0.25, -0.2) is 0 Å². The van der Waals surface area contributed by atoms with Gasteiger partial charge in [0.25, 0.3) is 0 Å². The Hall–Kier alpha value is -0.220. The lowest BCUT2D eigenvalue weighted by Crippen LogP contribution is -2.35. The van der Waals surface area contributed by atoms with Gasteiger partial charge in [0.1, 0.15) is 0 Å². The summed E-state index contributed by atoms with van der Waals surface area (Å²) in [5.74, 6) is 1.26. The summed E-state index contributed by atoms with van der Waals surface area (Å²) < 4.78 is 0. The molecule has 0 radical (unpaired) electrons. The van der Waals surface area contributed by atoms with Crippen molar-refractivity contribution in [3.05, 3.63) is 0 Å². The van der Waals surface area contributed by atoms with Gasteiger partial charge < -0.3 is 10.4 Å². The third-order valence-electron chi connectivity index (χ3n) is 2.69. The van der Waals surface area contributed by atoms with Gasteiger partial charge in [0, 0.05) is 11.8 Å². The van der Waals surface area contributed by atoms with Crippen LogP contribution in [0.3, 0.4) is 0 Å². The molecule has 0 atom stereocenters. The molecule has 15 heavy (non-hydrogen) atoms. The summed E-state index contributed by atoms with van der Waals surface area (Å²) in [5.41, 5.74) is 0. The number of hydrogen-bond acceptors (Lipinski definition) is 3. The third kappa shape index (κ3) is 6.05. The molecule has 88 valence electrons. The molecule has 4 heteroatoms. The van der Waals surface area contributed by atoms with Crippen molar-refractivity contribution in [3.63, 3.8) is 0 Å². The first-order valence-electron chi connectivity index (χ1n) is 5.81. The number of amides is 1. The lowest BCUT2D eigenvalue weighted by atomic mass is 10.1. The number of thioether (sulfide) groups is 1. The highest BCUT2D eigenvalue weighted by Crippen LogP contribution is 2.17. The minimum Gasteiger partial charge on any atom is -0.396 e. The lowest BCUT2D eigenvalue weighted by Gasteiger charge is -2.15. The Labute approximate surface area is 96.0 Å². The fraction of sp³-hybridized carbons (Fsp3) is 0.909. The third-order valence-corrected chi connectivity index (χ3v) is 3.63. The summed E-state index contributed by atoms with van der Waals surface area (Å²) in [6.07, 6.45) is 7.38. The molecule has 0 aromatic carbocycles. The minimum atomic E-state index is 0.125. The van der Waals surface area contributed by atoms with Crippen LogP contribution in [0.15, 0.2) is 0 Å². The van der Waals surface area contributed by atoms with Crippen LogP contribution in [0, 0.1) is 0 Å². The topological polar surface area (TPSA) is 49.3 Å². The fourth-order valence-electron chi connectivity index (χ4n) is 1.92. The Morgan fingerprint density at radius 2 is 1.93 bits per heavy atom. The van der Waals surface area contributed by atoms with Crippen LogP contribution >= 0.6 is 11.8 Å². The molecule has 1 amide bonds. The second-order valence-electron chi connectivity index (χ2n) is 4.03. The van der Waals surface area contributed by atoms with Crippen molar-refractivity contribution >= 4 is 17.7 Å². The van der Waals surface area contributed by atoms with Gasteiger partial charge in [0.2, 0.25) is 5.91 Å². The van der Waals surface area contributed by atoms with E-state index in [0.29, 0.717) is 17.5 Å². The molecule has 1 fully saturated rings. The van der Waals surface area contributed by atoms with Gasteiger partial charge in [-0.2, -0.15) is 0 Å². The predicted molar refractivity (Wildman–Crippen MR) is 64.0 cm³/mol. The van der Waals surface area contributed by atoms with Crippen molar-refractivity contribution in [2.45, 2.75) is 44.6 Å². The first-order chi connectivity index (χ1) is 7.33. The van der Waals surface area contributed by atoms with Crippen LogP contribution < -0.4 is 5.32 Å². The molecule has 0 aromatic heterocycles. The summed E-state index contributed by atoms with van der Waals surface area (Å²) >= 11 is 1.49. The van der Waals surface area contributed by atoms with Crippen molar-refractivity contribution in [1.29, 1.82) is 0 Å². The number of aliphatic hydroxyl groups excluding tert-OH is 1. The lowest BCUT2D eigenvalue weighted by molar-refractivity contribution is -0.119. The number of aliphatic hydroxyl groups is 1. The molecule has 0 aromatic rings. The van der Waals surface area contributed by atoms with E-state index in [-0.39, 0.29) is 12.5 Å². The van der Waals surface area contributed by atoms with E-state index in [9.17, 15) is 4.79 Å². The quantitative estimate of drug-likeness (QED) is 0.557. The van der Waals surface area contributed by atoms with Crippen LogP contribution in [-0.4, -0.2) is 35.2 Å². The molecule has 2 N–H and O–H groups in total. The van der Waals surface area contributed by atoms with Crippen molar-refractivity contribution in [1.82, 2.24) is 5.32 Å². The monoisotopic (exact) mass is 231 g/mol. The molecule has 0 saturated heterocycles. The van der Waals surface area contributed by atoms with Crippen LogP contribution in [0.4, 0.5) is 0 Å². The standard InChI is InChI=1S/C11H21NO2S/c13-7-8-15-9-11(14)12-10-5-3-1-2-4-6-10/h10,13H,1-9H2,(H,12,14). The van der Waals surface area contributed by atoms with E-state index in [1.54, 1.807) is 0 Å². The van der Waals surface area contributed by atoms with Gasteiger partial charge in [-0.05, 0) is 12.8 Å². The second-order valence-corrected chi connectivity index (χ2v) is 5.14. The van der Waals surface area contributed by atoms with E-state index in [0.717, 1.165) is 12.8 Å². The zero-order valence-corrected chi connectivity index (χ0v) is 10.0. The Balaban J connectivity index is 2.12. The van der Waals surface area contributed by atoms with Crippen LogP contribution in [0.1, 0.15) is 38.5 Å². The highest BCUT2D eigenvalue weighted by atomic mass is 32.2. The highest BCUT2D eigenvalue weighted by Gasteiger charge is 2.14. The molecule has 0 heterocycles. The van der Waals surface area contributed by atoms with Gasteiger partial charge >= 0.3 is 0 Å². The molecule has 0 unspecified atom stereocenters. The molecule has 1 saturated carbocycles. The van der Waals surface area contributed by atoms with Crippen molar-refractivity contribution in [2.24, 2.45) is 0 Å². The Bertz CT molecular complexity index is 179. The first-order valence-corrected chi connectivity index (χ1v) is 6.96. The highest BCUT2D eigenvalue weighted by molar-refractivity contribution is 7.99. The predicted octanol–water partition coefficient (Wildman–Crippen LogP) is 1.55. The number of rotatable bonds is 5. The van der Waals surface area contributed by atoms with E-state index in [2.05, 4.69) is 5.32 Å². The second kappa shape index (κ2) is 7.99. The smallest absolute Gasteiger partial charge is 0.230 e. The molecule has 1 aliphatic carbocycles. The zero-order chi connectivity index (χ0) is 10.9. The minimum absolute atomic E-state index is 0.125. The molecule has 0 spiro atoms. The van der Waals surface area contributed by atoms with E-state index in [1.807, 2.05) is 0 Å². The summed E-state index contributed by atoms with van der Waals surface area (Å²) in [6, 6.07) is 0.398. The average Bonchev–Trinajstić information content (AvgIpc) is 2.47. The maximum absolute atomic E-state index is 11.5. The van der Waals surface area contributed by atoms with E-state index in [1.165, 1.54) is 37.4 Å². The van der Waals surface area contributed by atoms with Gasteiger partial charge in [0.05, 0.1) is 12.4 Å². The van der Waals surface area contributed by atoms with E-state index in [4.69, 9.17) is 5.11 Å². The number of carbonyl (C=O) groups excluding carboxylic acids is 1. The van der Waals surface area contributed by atoms with Crippen molar-refractivity contribution in [2.75, 3.05) is 18.1 Å². The molecule has 3 nitrogen and oxygen atoms in total. The van der Waals surface area contributed by atoms with Gasteiger partial charge in [-0.1, -0.05) is 25.7 Å². The largest absolute Gasteiger partial charge is 0.396 e. The summed E-state index contributed by atoms with van der Waals surface area (Å²) in [7, 11) is 0. The zero-order valence-electron chi connectivity index (χ0n) is 9.21. The molecule has 0 bridgehead atoms. The van der Waals surface area contributed by atoms with Crippen LogP contribution in [0.25, 0.3) is 0 Å². The van der Waals surface area contributed by atoms with Crippen molar-refractivity contribution in [3.8, 4) is 0 Å². The number of hydrogen-bond donors (Lipinski definition) is 2. The maximum atomic E-state index is 11.5. The van der Waals surface area contributed by atoms with Gasteiger partial charge in [0.15, 0.2) is 0 Å². The van der Waals surface area contributed by atoms with Crippen LogP contribution in [0.2, 0.25) is 0 Å². The Kier molecular flexibility index (Phi) is 6.85. The molecule has 0 aliphatic heterocycles. The van der Waals surface area contributed by atoms with E-state index < -0.39 is 0 Å². The van der Waals surface area contributed by atoms with E-state index >= 15 is 0 Å². The van der Waals surface area contributed by atoms with Gasteiger partial charge in [-0.15, -0.1) is 11.8 Å². The fourth-order valence-corrected chi connectivity index (χ4v) is 2.46. The molecular formula is C11H21NO2S. The molecular weight excluding hydrogens is 210 g/mol. The van der Waals surface area contributed by atoms with Crippen LogP contribution in [0.5, 0.6) is 0 Å². The SMILES string of the molecule is O=C(CSCCO)NC1CCCCCC1. The Morgan fingerprint density at radius 1 is 1.27 bits per heavy atom. The Morgan fingerprint density at radius 3 is 2.53 bits per heavy atom.